The molecule has 1 aliphatic rings. The van der Waals surface area contributed by atoms with Crippen LogP contribution in [0.2, 0.25) is 5.02 Å². The zero-order valence-corrected chi connectivity index (χ0v) is 17.6. The van der Waals surface area contributed by atoms with E-state index < -0.39 is 0 Å². The molecular weight excluding hydrogens is 378 g/mol. The summed E-state index contributed by atoms with van der Waals surface area (Å²) in [4.78, 5) is 10.8. The molecule has 1 heterocycles. The van der Waals surface area contributed by atoms with Crippen LogP contribution in [0.4, 0.5) is 17.3 Å². The van der Waals surface area contributed by atoms with E-state index in [-0.39, 0.29) is 0 Å². The Morgan fingerprint density at radius 1 is 0.897 bits per heavy atom. The zero-order valence-electron chi connectivity index (χ0n) is 16.8. The molecule has 0 amide bonds. The molecule has 5 rings (SSSR count). The monoisotopic (exact) mass is 401 g/mol. The van der Waals surface area contributed by atoms with E-state index in [2.05, 4.69) is 60.1 Å². The molecule has 0 fully saturated rings. The molecule has 1 aliphatic carbocycles. The number of aromatic amines is 1. The Hall–Kier alpha value is -2.78. The lowest BCUT2D eigenvalue weighted by molar-refractivity contribution is 0.687. The molecule has 29 heavy (non-hydrogen) atoms. The highest BCUT2D eigenvalue weighted by Gasteiger charge is 2.21. The van der Waals surface area contributed by atoms with Gasteiger partial charge in [0.1, 0.15) is 0 Å². The summed E-state index contributed by atoms with van der Waals surface area (Å²) in [6.07, 6.45) is 4.86. The molecule has 1 N–H and O–H groups in total. The van der Waals surface area contributed by atoms with E-state index in [1.165, 1.54) is 35.1 Å². The minimum absolute atomic E-state index is 0.713. The molecule has 0 spiro atoms. The van der Waals surface area contributed by atoms with Crippen molar-refractivity contribution in [3.05, 3.63) is 81.9 Å². The predicted octanol–water partition coefficient (Wildman–Crippen LogP) is 7.18. The maximum atomic E-state index is 6.35. The summed E-state index contributed by atoms with van der Waals surface area (Å²) in [7, 11) is 0. The van der Waals surface area contributed by atoms with Gasteiger partial charge in [-0.15, -0.1) is 0 Å². The number of aromatic nitrogens is 2. The van der Waals surface area contributed by atoms with E-state index in [9.17, 15) is 0 Å². The van der Waals surface area contributed by atoms with Crippen LogP contribution in [0.25, 0.3) is 11.0 Å². The van der Waals surface area contributed by atoms with Gasteiger partial charge in [0.2, 0.25) is 5.95 Å². The van der Waals surface area contributed by atoms with Crippen LogP contribution in [-0.4, -0.2) is 9.97 Å². The smallest absolute Gasteiger partial charge is 0.213 e. The van der Waals surface area contributed by atoms with Crippen LogP contribution in [0.3, 0.4) is 0 Å². The summed E-state index contributed by atoms with van der Waals surface area (Å²) >= 11 is 6.35. The summed E-state index contributed by atoms with van der Waals surface area (Å²) in [5.41, 5.74) is 9.56. The largest absolute Gasteiger partial charge is 0.323 e. The molecule has 1 aromatic heterocycles. The fraction of sp³-hybridized carbons (Fsp3) is 0.240. The van der Waals surface area contributed by atoms with Crippen LogP contribution < -0.4 is 4.90 Å². The summed E-state index contributed by atoms with van der Waals surface area (Å²) in [5, 5.41) is 0.713. The number of hydrogen-bond acceptors (Lipinski definition) is 2. The molecule has 0 atom stereocenters. The highest BCUT2D eigenvalue weighted by atomic mass is 35.5. The van der Waals surface area contributed by atoms with Crippen molar-refractivity contribution in [3.8, 4) is 0 Å². The third-order valence-corrected chi connectivity index (χ3v) is 6.11. The number of anilines is 3. The van der Waals surface area contributed by atoms with Gasteiger partial charge in [0.05, 0.1) is 22.4 Å². The highest BCUT2D eigenvalue weighted by Crippen LogP contribution is 2.39. The Bertz CT molecular complexity index is 1140. The van der Waals surface area contributed by atoms with Crippen molar-refractivity contribution in [1.82, 2.24) is 9.97 Å². The second-order valence-corrected chi connectivity index (χ2v) is 8.40. The van der Waals surface area contributed by atoms with Crippen molar-refractivity contribution in [2.24, 2.45) is 0 Å². The maximum Gasteiger partial charge on any atom is 0.213 e. The van der Waals surface area contributed by atoms with Gasteiger partial charge in [0.25, 0.3) is 0 Å². The summed E-state index contributed by atoms with van der Waals surface area (Å²) in [6, 6.07) is 18.9. The molecule has 0 aliphatic heterocycles. The SMILES string of the molecule is Cc1cccc(C)c1N(c1cccc(Cl)c1)c1nc2cc3c(cc2[nH]1)CCCC3. The number of hydrogen-bond donors (Lipinski definition) is 1. The number of imidazole rings is 1. The summed E-state index contributed by atoms with van der Waals surface area (Å²) < 4.78 is 0. The lowest BCUT2D eigenvalue weighted by Crippen LogP contribution is -2.14. The molecule has 0 saturated heterocycles. The molecule has 0 saturated carbocycles. The number of aryl methyl sites for hydroxylation is 4. The van der Waals surface area contributed by atoms with E-state index in [0.717, 1.165) is 41.2 Å². The molecule has 3 aromatic carbocycles. The van der Waals surface area contributed by atoms with Gasteiger partial charge in [0.15, 0.2) is 0 Å². The number of benzene rings is 3. The molecule has 146 valence electrons. The highest BCUT2D eigenvalue weighted by molar-refractivity contribution is 6.30. The van der Waals surface area contributed by atoms with Crippen LogP contribution in [0.1, 0.15) is 35.1 Å². The standard InChI is InChI=1S/C25H24ClN3/c1-16-7-5-8-17(2)24(16)29(21-12-6-11-20(26)15-21)25-27-22-13-18-9-3-4-10-19(18)14-23(22)28-25/h5-8,11-15H,3-4,9-10H2,1-2H3,(H,27,28). The summed E-state index contributed by atoms with van der Waals surface area (Å²) in [6.45, 7) is 4.28. The molecule has 0 unspecified atom stereocenters. The number of rotatable bonds is 3. The minimum atomic E-state index is 0.713. The number of nitrogens with one attached hydrogen (secondary N) is 1. The second-order valence-electron chi connectivity index (χ2n) is 7.96. The van der Waals surface area contributed by atoms with Crippen molar-refractivity contribution in [1.29, 1.82) is 0 Å². The van der Waals surface area contributed by atoms with E-state index in [0.29, 0.717) is 5.02 Å². The van der Waals surface area contributed by atoms with Crippen molar-refractivity contribution in [2.45, 2.75) is 39.5 Å². The van der Waals surface area contributed by atoms with Crippen LogP contribution >= 0.6 is 11.6 Å². The van der Waals surface area contributed by atoms with Crippen LogP contribution in [-0.2, 0) is 12.8 Å². The van der Waals surface area contributed by atoms with Gasteiger partial charge in [0, 0.05) is 5.02 Å². The quantitative estimate of drug-likeness (QED) is 0.394. The molecule has 4 aromatic rings. The van der Waals surface area contributed by atoms with E-state index in [1.807, 2.05) is 18.2 Å². The molecule has 0 bridgehead atoms. The Morgan fingerprint density at radius 2 is 1.59 bits per heavy atom. The van der Waals surface area contributed by atoms with E-state index >= 15 is 0 Å². The van der Waals surface area contributed by atoms with E-state index in [1.54, 1.807) is 0 Å². The van der Waals surface area contributed by atoms with E-state index in [4.69, 9.17) is 16.6 Å². The van der Waals surface area contributed by atoms with Crippen molar-refractivity contribution in [2.75, 3.05) is 4.90 Å². The number of H-pyrrole nitrogens is 1. The van der Waals surface area contributed by atoms with Gasteiger partial charge in [-0.05, 0) is 92.1 Å². The second kappa shape index (κ2) is 7.23. The number of halogens is 1. The van der Waals surface area contributed by atoms with Crippen LogP contribution in [0.15, 0.2) is 54.6 Å². The number of fused-ring (bicyclic) bond motifs is 2. The molecular formula is C25H24ClN3. The average molecular weight is 402 g/mol. The lowest BCUT2D eigenvalue weighted by Gasteiger charge is -2.26. The van der Waals surface area contributed by atoms with Crippen molar-refractivity contribution >= 4 is 40.0 Å². The van der Waals surface area contributed by atoms with Gasteiger partial charge in [-0.1, -0.05) is 35.9 Å². The lowest BCUT2D eigenvalue weighted by atomic mass is 9.91. The van der Waals surface area contributed by atoms with Gasteiger partial charge >= 0.3 is 0 Å². The normalized spacial score (nSPS) is 13.5. The fourth-order valence-electron chi connectivity index (χ4n) is 4.46. The van der Waals surface area contributed by atoms with Gasteiger partial charge in [-0.3, -0.25) is 4.90 Å². The fourth-order valence-corrected chi connectivity index (χ4v) is 4.65. The first-order valence-corrected chi connectivity index (χ1v) is 10.6. The topological polar surface area (TPSA) is 31.9 Å². The first kappa shape index (κ1) is 18.3. The van der Waals surface area contributed by atoms with Crippen molar-refractivity contribution < 1.29 is 0 Å². The maximum absolute atomic E-state index is 6.35. The molecule has 3 nitrogen and oxygen atoms in total. The Balaban J connectivity index is 1.72. The first-order chi connectivity index (χ1) is 14.1. The van der Waals surface area contributed by atoms with Gasteiger partial charge in [-0.25, -0.2) is 4.98 Å². The number of para-hydroxylation sites is 1. The Kier molecular flexibility index (Phi) is 4.56. The Morgan fingerprint density at radius 3 is 2.31 bits per heavy atom. The van der Waals surface area contributed by atoms with Crippen molar-refractivity contribution in [3.63, 3.8) is 0 Å². The summed E-state index contributed by atoms with van der Waals surface area (Å²) in [5.74, 6) is 0.821. The first-order valence-electron chi connectivity index (χ1n) is 10.2. The predicted molar refractivity (Wildman–Crippen MR) is 122 cm³/mol. The zero-order chi connectivity index (χ0) is 20.0. The Labute approximate surface area is 176 Å². The van der Waals surface area contributed by atoms with Crippen LogP contribution in [0, 0.1) is 13.8 Å². The molecule has 0 radical (unpaired) electrons. The van der Waals surface area contributed by atoms with Gasteiger partial charge < -0.3 is 4.98 Å². The van der Waals surface area contributed by atoms with Gasteiger partial charge in [-0.2, -0.15) is 0 Å². The number of nitrogens with zero attached hydrogens (tertiary/aromatic N) is 2. The molecule has 4 heteroatoms. The average Bonchev–Trinajstić information content (AvgIpc) is 3.11. The third kappa shape index (κ3) is 3.30. The van der Waals surface area contributed by atoms with Crippen LogP contribution in [0.5, 0.6) is 0 Å². The third-order valence-electron chi connectivity index (χ3n) is 5.87. The minimum Gasteiger partial charge on any atom is -0.323 e.